The largest absolute Gasteiger partial charge is 0.472 e. The highest BCUT2D eigenvalue weighted by Gasteiger charge is 2.51. The first-order valence-electron chi connectivity index (χ1n) is 24.5. The number of phosphoric ester groups is 1. The molecule has 378 valence electrons. The number of phosphoric acid groups is 1. The van der Waals surface area contributed by atoms with Crippen molar-refractivity contribution in [2.24, 2.45) is 0 Å². The molecule has 0 bridgehead atoms. The number of rotatable bonds is 39. The molecule has 1 aliphatic rings. The van der Waals surface area contributed by atoms with Crippen molar-refractivity contribution in [2.45, 2.75) is 210 Å². The normalized spacial score (nSPS) is 22.5. The lowest BCUT2D eigenvalue weighted by Crippen LogP contribution is -2.64. The lowest BCUT2D eigenvalue weighted by molar-refractivity contribution is -0.220. The maximum absolute atomic E-state index is 12.8. The van der Waals surface area contributed by atoms with Gasteiger partial charge in [-0.05, 0) is 83.5 Å². The Labute approximate surface area is 395 Å². The van der Waals surface area contributed by atoms with Gasteiger partial charge in [-0.25, -0.2) is 4.57 Å². The highest BCUT2D eigenvalue weighted by molar-refractivity contribution is 7.47. The predicted molar refractivity (Wildman–Crippen MR) is 259 cm³/mol. The first-order chi connectivity index (χ1) is 31.8. The summed E-state index contributed by atoms with van der Waals surface area (Å²) < 4.78 is 33.4. The number of esters is 2. The fourth-order valence-corrected chi connectivity index (χ4v) is 7.78. The van der Waals surface area contributed by atoms with Gasteiger partial charge in [-0.1, -0.05) is 150 Å². The van der Waals surface area contributed by atoms with Gasteiger partial charge in [-0.15, -0.1) is 0 Å². The molecule has 0 radical (unpaired) electrons. The molecule has 1 rings (SSSR count). The summed E-state index contributed by atoms with van der Waals surface area (Å²) in [6.45, 7) is 3.07. The van der Waals surface area contributed by atoms with Crippen molar-refractivity contribution >= 4 is 19.8 Å². The Balaban J connectivity index is 2.55. The van der Waals surface area contributed by atoms with Crippen LogP contribution in [0.2, 0.25) is 0 Å². The summed E-state index contributed by atoms with van der Waals surface area (Å²) in [4.78, 5) is 35.8. The number of ether oxygens (including phenoxy) is 2. The third-order valence-corrected chi connectivity index (χ3v) is 11.8. The van der Waals surface area contributed by atoms with Crippen molar-refractivity contribution in [3.63, 3.8) is 0 Å². The number of hydrogen-bond acceptors (Lipinski definition) is 13. The van der Waals surface area contributed by atoms with E-state index in [4.69, 9.17) is 18.5 Å². The fraction of sp³-hybridized carbons (Fsp3) is 0.686. The van der Waals surface area contributed by atoms with Gasteiger partial charge in [0.25, 0.3) is 0 Å². The Morgan fingerprint density at radius 2 is 1.00 bits per heavy atom. The zero-order valence-electron chi connectivity index (χ0n) is 39.8. The van der Waals surface area contributed by atoms with Crippen LogP contribution in [0.5, 0.6) is 0 Å². The standard InChI is InChI=1S/C51H85O14P/c1-3-5-7-9-11-13-15-17-18-19-20-21-22-24-26-28-30-32-34-38-45(54)64-43(41-63-66(60,61)65-51-49(58)47(56)46(55)48(57)50(51)59)40-62-44(53)39-35-37-42(52)36-33-31-29-27-25-23-16-14-12-10-8-6-4-2/h11,13,17-18,20-21,23-26,29,31,33,36,42-43,46-52,55-59H,3-10,12,14-16,19,22,27-28,30,32,34-35,37-41H2,1-2H3,(H,60,61)/b13-11-,18-17-,21-20-,25-23+,26-24-,31-29+,36-33+/t42?,43-,46?,47-,48+,49-,50-,51?/m1/s1. The van der Waals surface area contributed by atoms with E-state index in [1.807, 2.05) is 12.2 Å². The molecule has 0 heterocycles. The third kappa shape index (κ3) is 31.9. The minimum Gasteiger partial charge on any atom is -0.462 e. The number of unbranched alkanes of at least 4 members (excludes halogenated alkanes) is 12. The maximum Gasteiger partial charge on any atom is 0.472 e. The van der Waals surface area contributed by atoms with Crippen LogP contribution in [0.3, 0.4) is 0 Å². The van der Waals surface area contributed by atoms with E-state index in [1.54, 1.807) is 12.2 Å². The van der Waals surface area contributed by atoms with Crippen LogP contribution in [0.15, 0.2) is 85.1 Å². The monoisotopic (exact) mass is 953 g/mol. The maximum atomic E-state index is 12.8. The number of carbonyl (C=O) groups excluding carboxylic acids is 2. The Hall–Kier alpha value is -3.01. The molecule has 0 aromatic heterocycles. The second kappa shape index (κ2) is 39.9. The summed E-state index contributed by atoms with van der Waals surface area (Å²) in [7, 11) is -5.18. The summed E-state index contributed by atoms with van der Waals surface area (Å²) in [5.74, 6) is -1.34. The van der Waals surface area contributed by atoms with Crippen molar-refractivity contribution in [3.05, 3.63) is 85.1 Å². The van der Waals surface area contributed by atoms with Crippen molar-refractivity contribution in [1.82, 2.24) is 0 Å². The highest BCUT2D eigenvalue weighted by atomic mass is 31.2. The molecule has 1 aliphatic carbocycles. The van der Waals surface area contributed by atoms with E-state index in [0.717, 1.165) is 57.8 Å². The summed E-state index contributed by atoms with van der Waals surface area (Å²) in [6, 6.07) is 0. The lowest BCUT2D eigenvalue weighted by atomic mass is 9.85. The summed E-state index contributed by atoms with van der Waals surface area (Å²) in [5.41, 5.74) is 0. The molecule has 15 heteroatoms. The minimum absolute atomic E-state index is 0.0153. The van der Waals surface area contributed by atoms with Crippen LogP contribution in [0.4, 0.5) is 0 Å². The van der Waals surface area contributed by atoms with Crippen LogP contribution in [0, 0.1) is 0 Å². The molecule has 14 nitrogen and oxygen atoms in total. The van der Waals surface area contributed by atoms with E-state index in [9.17, 15) is 49.7 Å². The Morgan fingerprint density at radius 1 is 0.545 bits per heavy atom. The Morgan fingerprint density at radius 3 is 1.58 bits per heavy atom. The molecule has 66 heavy (non-hydrogen) atoms. The van der Waals surface area contributed by atoms with Crippen LogP contribution in [-0.4, -0.2) is 110 Å². The van der Waals surface area contributed by atoms with Gasteiger partial charge in [0, 0.05) is 12.8 Å². The number of carbonyl (C=O) groups is 2. The molecule has 0 spiro atoms. The Bertz CT molecular complexity index is 1490. The van der Waals surface area contributed by atoms with Gasteiger partial charge in [0.1, 0.15) is 43.2 Å². The van der Waals surface area contributed by atoms with Gasteiger partial charge in [0.2, 0.25) is 0 Å². The molecule has 9 atom stereocenters. The number of aliphatic hydroxyl groups is 6. The molecule has 0 amide bonds. The van der Waals surface area contributed by atoms with E-state index in [-0.39, 0.29) is 25.7 Å². The van der Waals surface area contributed by atoms with Crippen molar-refractivity contribution in [1.29, 1.82) is 0 Å². The molecule has 4 unspecified atom stereocenters. The van der Waals surface area contributed by atoms with E-state index in [2.05, 4.69) is 74.6 Å². The zero-order chi connectivity index (χ0) is 48.7. The topological polar surface area (TPSA) is 230 Å². The number of hydrogen-bond donors (Lipinski definition) is 7. The highest BCUT2D eigenvalue weighted by Crippen LogP contribution is 2.47. The first kappa shape index (κ1) is 61.0. The molecular weight excluding hydrogens is 868 g/mol. The van der Waals surface area contributed by atoms with Crippen LogP contribution in [0.25, 0.3) is 0 Å². The molecule has 0 aliphatic heterocycles. The second-order valence-electron chi connectivity index (χ2n) is 16.8. The zero-order valence-corrected chi connectivity index (χ0v) is 40.7. The second-order valence-corrected chi connectivity index (χ2v) is 18.2. The SMILES string of the molecule is CCCCC/C=C\C/C=C\C/C=C\C/C=C\CCCCCC(=O)O[C@H](COC(=O)CCCC(O)/C=C/C=C/C/C=C/CCCCCCCC)COP(=O)(O)OC1[C@H](O)[C@H](O)C(O)[C@H](O)[C@H]1O. The number of aliphatic hydroxyl groups excluding tert-OH is 6. The van der Waals surface area contributed by atoms with Crippen molar-refractivity contribution < 1.29 is 68.2 Å². The lowest BCUT2D eigenvalue weighted by Gasteiger charge is -2.41. The van der Waals surface area contributed by atoms with Gasteiger partial charge >= 0.3 is 19.8 Å². The van der Waals surface area contributed by atoms with Gasteiger partial charge < -0.3 is 45.0 Å². The predicted octanol–water partition coefficient (Wildman–Crippen LogP) is 9.03. The van der Waals surface area contributed by atoms with Gasteiger partial charge in [0.15, 0.2) is 6.10 Å². The molecule has 1 saturated carbocycles. The average Bonchev–Trinajstić information content (AvgIpc) is 3.29. The van der Waals surface area contributed by atoms with Gasteiger partial charge in [-0.2, -0.15) is 0 Å². The first-order valence-corrected chi connectivity index (χ1v) is 26.0. The molecule has 0 saturated heterocycles. The number of allylic oxidation sites excluding steroid dienone is 13. The van der Waals surface area contributed by atoms with Crippen LogP contribution < -0.4 is 0 Å². The third-order valence-electron chi connectivity index (χ3n) is 10.8. The van der Waals surface area contributed by atoms with E-state index >= 15 is 0 Å². The fourth-order valence-electron chi connectivity index (χ4n) is 6.81. The van der Waals surface area contributed by atoms with Crippen LogP contribution >= 0.6 is 7.82 Å². The molecule has 1 fully saturated rings. The van der Waals surface area contributed by atoms with E-state index in [1.165, 1.54) is 57.8 Å². The molecular formula is C51H85O14P. The molecule has 7 N–H and O–H groups in total. The van der Waals surface area contributed by atoms with Crippen molar-refractivity contribution in [2.75, 3.05) is 13.2 Å². The van der Waals surface area contributed by atoms with Gasteiger partial charge in [-0.3, -0.25) is 18.6 Å². The van der Waals surface area contributed by atoms with Gasteiger partial charge in [0.05, 0.1) is 12.7 Å². The van der Waals surface area contributed by atoms with E-state index < -0.39 is 81.8 Å². The smallest absolute Gasteiger partial charge is 0.462 e. The van der Waals surface area contributed by atoms with Crippen LogP contribution in [-0.2, 0) is 32.7 Å². The Kier molecular flexibility index (Phi) is 36.9. The average molecular weight is 953 g/mol. The quantitative estimate of drug-likeness (QED) is 0.0100. The summed E-state index contributed by atoms with van der Waals surface area (Å²) in [5, 5.41) is 60.5. The molecule has 0 aromatic rings. The van der Waals surface area contributed by atoms with E-state index in [0.29, 0.717) is 6.42 Å². The minimum atomic E-state index is -5.18. The van der Waals surface area contributed by atoms with Crippen molar-refractivity contribution in [3.8, 4) is 0 Å². The molecule has 0 aromatic carbocycles. The summed E-state index contributed by atoms with van der Waals surface area (Å²) in [6.07, 6.45) is 35.1. The summed E-state index contributed by atoms with van der Waals surface area (Å²) >= 11 is 0. The van der Waals surface area contributed by atoms with Crippen LogP contribution in [0.1, 0.15) is 162 Å².